The van der Waals surface area contributed by atoms with Crippen molar-refractivity contribution in [1.82, 2.24) is 14.9 Å². The molecule has 0 aliphatic rings. The quantitative estimate of drug-likeness (QED) is 0.433. The first kappa shape index (κ1) is 22.9. The Hall–Kier alpha value is -4.26. The Morgan fingerprint density at radius 2 is 1.76 bits per heavy atom. The lowest BCUT2D eigenvalue weighted by Crippen LogP contribution is -2.39. The molecule has 0 fully saturated rings. The molecule has 0 aliphatic heterocycles. The summed E-state index contributed by atoms with van der Waals surface area (Å²) in [7, 11) is 0. The third-order valence-electron chi connectivity index (χ3n) is 5.48. The Labute approximate surface area is 196 Å². The van der Waals surface area contributed by atoms with Gasteiger partial charge in [-0.3, -0.25) is 14.2 Å². The molecular weight excluding hydrogens is 433 g/mol. The van der Waals surface area contributed by atoms with Crippen LogP contribution in [0.5, 0.6) is 5.75 Å². The zero-order valence-corrected chi connectivity index (χ0v) is 18.6. The van der Waals surface area contributed by atoms with Crippen molar-refractivity contribution >= 4 is 29.0 Å². The zero-order valence-electron chi connectivity index (χ0n) is 18.6. The molecule has 1 atom stereocenters. The molecule has 0 saturated heterocycles. The predicted molar refractivity (Wildman–Crippen MR) is 131 cm³/mol. The van der Waals surface area contributed by atoms with E-state index in [0.29, 0.717) is 23.0 Å². The number of benzene rings is 3. The van der Waals surface area contributed by atoms with Crippen LogP contribution in [0, 0.1) is 5.82 Å². The van der Waals surface area contributed by atoms with Crippen molar-refractivity contribution in [2.75, 3.05) is 6.54 Å². The summed E-state index contributed by atoms with van der Waals surface area (Å²) >= 11 is 0. The van der Waals surface area contributed by atoms with E-state index in [9.17, 15) is 19.1 Å². The molecule has 6 nitrogen and oxygen atoms in total. The average Bonchev–Trinajstić information content (AvgIpc) is 2.84. The number of nitrogens with zero attached hydrogens (tertiary/aromatic N) is 2. The summed E-state index contributed by atoms with van der Waals surface area (Å²) in [6.07, 6.45) is 3.29. The molecule has 0 saturated carbocycles. The maximum atomic E-state index is 14.2. The lowest BCUT2D eigenvalue weighted by atomic mass is 10.0. The van der Waals surface area contributed by atoms with Crippen LogP contribution in [0.4, 0.5) is 4.39 Å². The minimum absolute atomic E-state index is 0.108. The zero-order chi connectivity index (χ0) is 24.1. The number of phenolic OH excluding ortho intramolecular Hbond substituents is 1. The highest BCUT2D eigenvalue weighted by Gasteiger charge is 2.25. The number of likely N-dealkylation sites (N-methyl/N-ethyl adjacent to an activating group) is 1. The van der Waals surface area contributed by atoms with Gasteiger partial charge in [0, 0.05) is 18.5 Å². The van der Waals surface area contributed by atoms with Gasteiger partial charge in [0.25, 0.3) is 5.56 Å². The van der Waals surface area contributed by atoms with Crippen LogP contribution in [0.15, 0.2) is 77.6 Å². The fourth-order valence-corrected chi connectivity index (χ4v) is 3.80. The molecule has 0 radical (unpaired) electrons. The van der Waals surface area contributed by atoms with Gasteiger partial charge in [-0.1, -0.05) is 42.5 Å². The van der Waals surface area contributed by atoms with E-state index in [-0.39, 0.29) is 29.5 Å². The van der Waals surface area contributed by atoms with Gasteiger partial charge in [0.2, 0.25) is 5.91 Å². The third-order valence-corrected chi connectivity index (χ3v) is 5.48. The molecule has 2 N–H and O–H groups in total. The Balaban J connectivity index is 1.90. The van der Waals surface area contributed by atoms with E-state index in [1.807, 2.05) is 0 Å². The van der Waals surface area contributed by atoms with Crippen molar-refractivity contribution in [2.45, 2.75) is 19.4 Å². The fourth-order valence-electron chi connectivity index (χ4n) is 3.80. The van der Waals surface area contributed by atoms with Crippen LogP contribution in [0.1, 0.15) is 29.9 Å². The maximum absolute atomic E-state index is 14.2. The van der Waals surface area contributed by atoms with Gasteiger partial charge in [0.05, 0.1) is 10.9 Å². The molecular formula is C27H24FN3O3. The van der Waals surface area contributed by atoms with Crippen molar-refractivity contribution < 1.29 is 14.3 Å². The van der Waals surface area contributed by atoms with E-state index in [4.69, 9.17) is 0 Å². The number of fused-ring (bicyclic) bond motifs is 1. The second-order valence-electron chi connectivity index (χ2n) is 7.80. The number of aromatic nitrogens is 2. The summed E-state index contributed by atoms with van der Waals surface area (Å²) in [6, 6.07) is 18.8. The van der Waals surface area contributed by atoms with Crippen LogP contribution in [-0.4, -0.2) is 27.1 Å². The van der Waals surface area contributed by atoms with Gasteiger partial charge in [-0.05, 0) is 55.0 Å². The molecule has 34 heavy (non-hydrogen) atoms. The summed E-state index contributed by atoms with van der Waals surface area (Å²) in [4.78, 5) is 31.4. The average molecular weight is 458 g/mol. The number of nitrogens with one attached hydrogen (secondary N) is 1. The van der Waals surface area contributed by atoms with E-state index >= 15 is 0 Å². The first-order valence-corrected chi connectivity index (χ1v) is 11.0. The molecule has 1 unspecified atom stereocenters. The molecule has 0 aliphatic carbocycles. The van der Waals surface area contributed by atoms with Gasteiger partial charge in [0.15, 0.2) is 0 Å². The number of halogens is 1. The van der Waals surface area contributed by atoms with Crippen molar-refractivity contribution in [3.05, 3.63) is 106 Å². The molecule has 3 aromatic carbocycles. The van der Waals surface area contributed by atoms with E-state index in [1.54, 1.807) is 67.6 Å². The van der Waals surface area contributed by atoms with Crippen LogP contribution < -0.4 is 10.9 Å². The summed E-state index contributed by atoms with van der Waals surface area (Å²) in [6.45, 7) is 2.19. The maximum Gasteiger partial charge on any atom is 0.262 e. The Kier molecular flexibility index (Phi) is 6.82. The molecule has 1 heterocycles. The largest absolute Gasteiger partial charge is 0.508 e. The standard InChI is InChI=1S/C27H24FN3O3/c1-2-29-26(33)24(17-18-11-14-20(32)15-12-18)31-25(16-13-19-7-3-5-9-22(19)28)30-23-10-6-4-8-21(23)27(31)34/h3-16,24,32H,2,17H2,1H3,(H,29,33)/b16-13+. The topological polar surface area (TPSA) is 84.2 Å². The summed E-state index contributed by atoms with van der Waals surface area (Å²) in [5.41, 5.74) is 1.22. The number of hydrogen-bond donors (Lipinski definition) is 2. The second-order valence-corrected chi connectivity index (χ2v) is 7.80. The minimum atomic E-state index is -0.908. The molecule has 0 spiro atoms. The number of hydrogen-bond acceptors (Lipinski definition) is 4. The van der Waals surface area contributed by atoms with Crippen molar-refractivity contribution in [2.24, 2.45) is 0 Å². The van der Waals surface area contributed by atoms with Crippen LogP contribution in [0.2, 0.25) is 0 Å². The number of rotatable bonds is 7. The molecule has 172 valence electrons. The van der Waals surface area contributed by atoms with Crippen LogP contribution in [0.25, 0.3) is 23.1 Å². The number of aromatic hydroxyl groups is 1. The van der Waals surface area contributed by atoms with Crippen LogP contribution in [-0.2, 0) is 11.2 Å². The monoisotopic (exact) mass is 457 g/mol. The summed E-state index contributed by atoms with van der Waals surface area (Å²) in [5, 5.41) is 12.8. The van der Waals surface area contributed by atoms with Crippen molar-refractivity contribution in [1.29, 1.82) is 0 Å². The van der Waals surface area contributed by atoms with Crippen molar-refractivity contribution in [3.8, 4) is 5.75 Å². The number of carbonyl (C=O) groups excluding carboxylic acids is 1. The Morgan fingerprint density at radius 3 is 2.50 bits per heavy atom. The van der Waals surface area contributed by atoms with E-state index in [2.05, 4.69) is 10.3 Å². The van der Waals surface area contributed by atoms with Gasteiger partial charge >= 0.3 is 0 Å². The highest BCUT2D eigenvalue weighted by molar-refractivity contribution is 5.83. The number of amides is 1. The van der Waals surface area contributed by atoms with Gasteiger partial charge < -0.3 is 10.4 Å². The number of carbonyl (C=O) groups is 1. The van der Waals surface area contributed by atoms with E-state index in [0.717, 1.165) is 5.56 Å². The summed E-state index contributed by atoms with van der Waals surface area (Å²) in [5.74, 6) is -0.397. The normalized spacial score (nSPS) is 12.2. The van der Waals surface area contributed by atoms with Crippen LogP contribution in [0.3, 0.4) is 0 Å². The molecule has 0 bridgehead atoms. The fraction of sp³-hybridized carbons (Fsp3) is 0.148. The van der Waals surface area contributed by atoms with Crippen LogP contribution >= 0.6 is 0 Å². The molecule has 4 aromatic rings. The first-order valence-electron chi connectivity index (χ1n) is 11.0. The SMILES string of the molecule is CCNC(=O)C(Cc1ccc(O)cc1)n1c(/C=C/c2ccccc2F)nc2ccccc2c1=O. The second kappa shape index (κ2) is 10.1. The van der Waals surface area contributed by atoms with Gasteiger partial charge in [-0.15, -0.1) is 0 Å². The van der Waals surface area contributed by atoms with Gasteiger partial charge in [-0.25, -0.2) is 9.37 Å². The van der Waals surface area contributed by atoms with Gasteiger partial charge in [-0.2, -0.15) is 0 Å². The number of para-hydroxylation sites is 1. The Bertz CT molecular complexity index is 1410. The molecule has 4 rings (SSSR count). The third kappa shape index (κ3) is 4.88. The Morgan fingerprint density at radius 1 is 1.06 bits per heavy atom. The molecule has 7 heteroatoms. The minimum Gasteiger partial charge on any atom is -0.508 e. The first-order chi connectivity index (χ1) is 16.5. The number of phenols is 1. The lowest BCUT2D eigenvalue weighted by molar-refractivity contribution is -0.124. The summed E-state index contributed by atoms with van der Waals surface area (Å²) < 4.78 is 15.6. The van der Waals surface area contributed by atoms with Gasteiger partial charge in [0.1, 0.15) is 23.4 Å². The molecule has 1 amide bonds. The van der Waals surface area contributed by atoms with E-state index < -0.39 is 11.9 Å². The predicted octanol–water partition coefficient (Wildman–Crippen LogP) is 4.33. The van der Waals surface area contributed by atoms with E-state index in [1.165, 1.54) is 28.8 Å². The lowest BCUT2D eigenvalue weighted by Gasteiger charge is -2.22. The highest BCUT2D eigenvalue weighted by atomic mass is 19.1. The molecule has 1 aromatic heterocycles. The van der Waals surface area contributed by atoms with Crippen molar-refractivity contribution in [3.63, 3.8) is 0 Å². The highest BCUT2D eigenvalue weighted by Crippen LogP contribution is 2.21. The smallest absolute Gasteiger partial charge is 0.262 e.